The van der Waals surface area contributed by atoms with Gasteiger partial charge in [-0.2, -0.15) is 0 Å². The van der Waals surface area contributed by atoms with Crippen LogP contribution in [0.25, 0.3) is 6.08 Å². The number of aromatic hydroxyl groups is 1. The van der Waals surface area contributed by atoms with Crippen molar-refractivity contribution in [2.24, 2.45) is 0 Å². The minimum absolute atomic E-state index is 0.0810. The molecule has 0 fully saturated rings. The smallest absolute Gasteiger partial charge is 0.407 e. The minimum Gasteiger partial charge on any atom is -0.508 e. The van der Waals surface area contributed by atoms with Crippen molar-refractivity contribution in [2.75, 3.05) is 6.54 Å². The summed E-state index contributed by atoms with van der Waals surface area (Å²) in [4.78, 5) is 11.6. The summed E-state index contributed by atoms with van der Waals surface area (Å²) in [5.74, 6) is 0.0810. The van der Waals surface area contributed by atoms with E-state index in [0.717, 1.165) is 11.1 Å². The fourth-order valence-corrected chi connectivity index (χ4v) is 2.09. The number of benzene rings is 2. The molecule has 2 rings (SSSR count). The van der Waals surface area contributed by atoms with E-state index in [1.807, 2.05) is 42.5 Å². The molecule has 3 N–H and O–H groups in total. The zero-order valence-corrected chi connectivity index (χ0v) is 13.3. The molecule has 0 spiro atoms. The van der Waals surface area contributed by atoms with E-state index in [1.54, 1.807) is 18.2 Å². The van der Waals surface area contributed by atoms with Gasteiger partial charge >= 0.3 is 6.09 Å². The Morgan fingerprint density at radius 2 is 1.96 bits per heavy atom. The molecule has 0 saturated carbocycles. The molecule has 0 saturated heterocycles. The van der Waals surface area contributed by atoms with Crippen LogP contribution in [-0.2, 0) is 18.0 Å². The van der Waals surface area contributed by atoms with Crippen molar-refractivity contribution in [1.82, 2.24) is 5.32 Å². The van der Waals surface area contributed by atoms with E-state index >= 15 is 0 Å². The van der Waals surface area contributed by atoms with Crippen molar-refractivity contribution >= 4 is 12.2 Å². The van der Waals surface area contributed by atoms with E-state index in [0.29, 0.717) is 18.5 Å². The number of alkyl carbamates (subject to hydrolysis) is 1. The maximum Gasteiger partial charge on any atom is 0.407 e. The van der Waals surface area contributed by atoms with Gasteiger partial charge < -0.3 is 20.3 Å². The molecule has 2 aromatic carbocycles. The highest BCUT2D eigenvalue weighted by atomic mass is 16.5. The van der Waals surface area contributed by atoms with Crippen molar-refractivity contribution in [3.05, 3.63) is 71.3 Å². The van der Waals surface area contributed by atoms with Crippen LogP contribution in [0.5, 0.6) is 5.75 Å². The summed E-state index contributed by atoms with van der Waals surface area (Å²) in [7, 11) is 0. The molecule has 0 heterocycles. The molecule has 0 aliphatic heterocycles. The average Bonchev–Trinajstić information content (AvgIpc) is 2.62. The second kappa shape index (κ2) is 9.37. The zero-order valence-electron chi connectivity index (χ0n) is 13.3. The Bertz CT molecular complexity index is 683. The summed E-state index contributed by atoms with van der Waals surface area (Å²) in [5.41, 5.74) is 2.31. The first-order valence-electron chi connectivity index (χ1n) is 7.73. The Balaban J connectivity index is 1.67. The van der Waals surface area contributed by atoms with Crippen LogP contribution in [0.4, 0.5) is 4.79 Å². The van der Waals surface area contributed by atoms with Crippen LogP contribution in [0.15, 0.2) is 54.6 Å². The SMILES string of the molecule is O=C(NCCC=Cc1ccc(O)c(CO)c1)OCc1ccccc1. The van der Waals surface area contributed by atoms with Crippen molar-refractivity contribution in [2.45, 2.75) is 19.6 Å². The molecule has 0 unspecified atom stereocenters. The van der Waals surface area contributed by atoms with Crippen molar-refractivity contribution in [3.8, 4) is 5.75 Å². The first kappa shape index (κ1) is 17.6. The van der Waals surface area contributed by atoms with Gasteiger partial charge in [0, 0.05) is 12.1 Å². The van der Waals surface area contributed by atoms with Gasteiger partial charge in [-0.1, -0.05) is 48.6 Å². The third-order valence-electron chi connectivity index (χ3n) is 3.38. The summed E-state index contributed by atoms with van der Waals surface area (Å²) in [6, 6.07) is 14.5. The Labute approximate surface area is 141 Å². The van der Waals surface area contributed by atoms with Crippen LogP contribution in [0.3, 0.4) is 0 Å². The maximum atomic E-state index is 11.6. The quantitative estimate of drug-likeness (QED) is 0.682. The Kier molecular flexibility index (Phi) is 6.86. The lowest BCUT2D eigenvalue weighted by Gasteiger charge is -2.06. The number of hydrogen-bond donors (Lipinski definition) is 3. The summed E-state index contributed by atoms with van der Waals surface area (Å²) >= 11 is 0. The summed E-state index contributed by atoms with van der Waals surface area (Å²) in [5, 5.41) is 21.3. The van der Waals surface area contributed by atoms with Gasteiger partial charge in [0.25, 0.3) is 0 Å². The lowest BCUT2D eigenvalue weighted by molar-refractivity contribution is 0.140. The summed E-state index contributed by atoms with van der Waals surface area (Å²) in [6.45, 7) is 0.511. The highest BCUT2D eigenvalue weighted by Crippen LogP contribution is 2.19. The normalized spacial score (nSPS) is 10.7. The fraction of sp³-hybridized carbons (Fsp3) is 0.211. The lowest BCUT2D eigenvalue weighted by atomic mass is 10.1. The van der Waals surface area contributed by atoms with Gasteiger partial charge in [-0.25, -0.2) is 4.79 Å². The van der Waals surface area contributed by atoms with E-state index in [1.165, 1.54) is 0 Å². The summed E-state index contributed by atoms with van der Waals surface area (Å²) in [6.07, 6.45) is 3.98. The number of hydrogen-bond acceptors (Lipinski definition) is 4. The van der Waals surface area contributed by atoms with Crippen molar-refractivity contribution in [3.63, 3.8) is 0 Å². The van der Waals surface area contributed by atoms with Crippen LogP contribution in [-0.4, -0.2) is 22.9 Å². The lowest BCUT2D eigenvalue weighted by Crippen LogP contribution is -2.24. The second-order valence-corrected chi connectivity index (χ2v) is 5.23. The molecule has 0 aliphatic carbocycles. The van der Waals surface area contributed by atoms with E-state index in [4.69, 9.17) is 9.84 Å². The average molecular weight is 327 g/mol. The highest BCUT2D eigenvalue weighted by molar-refractivity contribution is 5.67. The van der Waals surface area contributed by atoms with Crippen molar-refractivity contribution in [1.29, 1.82) is 0 Å². The Morgan fingerprint density at radius 3 is 2.71 bits per heavy atom. The van der Waals surface area contributed by atoms with E-state index < -0.39 is 6.09 Å². The predicted octanol–water partition coefficient (Wildman–Crippen LogP) is 3.21. The number of aliphatic hydroxyl groups is 1. The third-order valence-corrected chi connectivity index (χ3v) is 3.38. The molecule has 0 aromatic heterocycles. The molecule has 0 aliphatic rings. The number of aliphatic hydroxyl groups excluding tert-OH is 1. The van der Waals surface area contributed by atoms with Crippen LogP contribution in [0.1, 0.15) is 23.1 Å². The first-order valence-corrected chi connectivity index (χ1v) is 7.73. The fourth-order valence-electron chi connectivity index (χ4n) is 2.09. The number of phenols is 1. The highest BCUT2D eigenvalue weighted by Gasteiger charge is 2.01. The molecule has 0 bridgehead atoms. The predicted molar refractivity (Wildman–Crippen MR) is 92.3 cm³/mol. The number of carbonyl (C=O) groups is 1. The molecular formula is C19H21NO4. The van der Waals surface area contributed by atoms with Crippen molar-refractivity contribution < 1.29 is 19.7 Å². The topological polar surface area (TPSA) is 78.8 Å². The van der Waals surface area contributed by atoms with Crippen LogP contribution in [0.2, 0.25) is 0 Å². The first-order chi connectivity index (χ1) is 11.7. The van der Waals surface area contributed by atoms with Gasteiger partial charge in [-0.05, 0) is 29.7 Å². The van der Waals surface area contributed by atoms with E-state index in [9.17, 15) is 9.90 Å². The number of rotatable bonds is 7. The van der Waals surface area contributed by atoms with Gasteiger partial charge in [0.1, 0.15) is 12.4 Å². The van der Waals surface area contributed by atoms with E-state index in [-0.39, 0.29) is 19.0 Å². The van der Waals surface area contributed by atoms with Crippen LogP contribution < -0.4 is 5.32 Å². The van der Waals surface area contributed by atoms with Gasteiger partial charge in [-0.15, -0.1) is 0 Å². The maximum absolute atomic E-state index is 11.6. The molecule has 5 heteroatoms. The molecule has 24 heavy (non-hydrogen) atoms. The van der Waals surface area contributed by atoms with Crippen LogP contribution in [0, 0.1) is 0 Å². The Hall–Kier alpha value is -2.79. The number of nitrogens with one attached hydrogen (secondary N) is 1. The summed E-state index contributed by atoms with van der Waals surface area (Å²) < 4.78 is 5.11. The monoisotopic (exact) mass is 327 g/mol. The number of amides is 1. The molecule has 126 valence electrons. The third kappa shape index (κ3) is 5.78. The minimum atomic E-state index is -0.445. The molecule has 0 atom stereocenters. The standard InChI is InChI=1S/C19H21NO4/c21-13-17-12-15(9-10-18(17)22)6-4-5-11-20-19(23)24-14-16-7-2-1-3-8-16/h1-4,6-10,12,21-22H,5,11,13-14H2,(H,20,23). The molecule has 0 radical (unpaired) electrons. The van der Waals surface area contributed by atoms with Gasteiger partial charge in [0.2, 0.25) is 0 Å². The molecule has 1 amide bonds. The van der Waals surface area contributed by atoms with Crippen LogP contribution >= 0.6 is 0 Å². The number of carbonyl (C=O) groups excluding carboxylic acids is 1. The van der Waals surface area contributed by atoms with Gasteiger partial charge in [0.15, 0.2) is 0 Å². The number of ether oxygens (including phenoxy) is 1. The zero-order chi connectivity index (χ0) is 17.2. The molecular weight excluding hydrogens is 306 g/mol. The molecule has 5 nitrogen and oxygen atoms in total. The largest absolute Gasteiger partial charge is 0.508 e. The molecule has 2 aromatic rings. The van der Waals surface area contributed by atoms with Gasteiger partial charge in [0.05, 0.1) is 6.61 Å². The Morgan fingerprint density at radius 1 is 1.17 bits per heavy atom. The van der Waals surface area contributed by atoms with Gasteiger partial charge in [-0.3, -0.25) is 0 Å². The second-order valence-electron chi connectivity index (χ2n) is 5.23. The van der Waals surface area contributed by atoms with E-state index in [2.05, 4.69) is 5.32 Å².